The van der Waals surface area contributed by atoms with E-state index in [1.807, 2.05) is 19.1 Å². The van der Waals surface area contributed by atoms with Crippen molar-refractivity contribution in [2.75, 3.05) is 19.1 Å². The van der Waals surface area contributed by atoms with Crippen LogP contribution in [0.15, 0.2) is 53.3 Å². The quantitative estimate of drug-likeness (QED) is 0.604. The third-order valence-corrected chi connectivity index (χ3v) is 5.70. The normalized spacial score (nSPS) is 13.3. The molecule has 0 atom stereocenters. The molecule has 1 aromatic heterocycles. The van der Waals surface area contributed by atoms with E-state index in [2.05, 4.69) is 0 Å². The number of rotatable bonds is 5. The predicted octanol–water partition coefficient (Wildman–Crippen LogP) is 3.96. The zero-order valence-electron chi connectivity index (χ0n) is 17.3. The predicted molar refractivity (Wildman–Crippen MR) is 116 cm³/mol. The Balaban J connectivity index is 1.71. The molecule has 1 heterocycles. The van der Waals surface area contributed by atoms with E-state index in [1.54, 1.807) is 52.9 Å². The van der Waals surface area contributed by atoms with Gasteiger partial charge in [0.2, 0.25) is 0 Å². The number of nitrogens with zero attached hydrogens (tertiary/aromatic N) is 2. The molecule has 4 rings (SSSR count). The van der Waals surface area contributed by atoms with Gasteiger partial charge in [-0.05, 0) is 73.7 Å². The molecule has 6 heteroatoms. The number of ether oxygens (including phenoxy) is 1. The number of pyridine rings is 1. The second-order valence-electron chi connectivity index (χ2n) is 7.59. The number of fused-ring (bicyclic) bond motifs is 1. The lowest BCUT2D eigenvalue weighted by Crippen LogP contribution is -2.26. The van der Waals surface area contributed by atoms with Crippen LogP contribution in [0.5, 0.6) is 0 Å². The zero-order chi connectivity index (χ0) is 21.4. The minimum Gasteiger partial charge on any atom is -0.465 e. The maximum atomic E-state index is 13.1. The summed E-state index contributed by atoms with van der Waals surface area (Å²) >= 11 is 0. The fourth-order valence-electron chi connectivity index (χ4n) is 3.85. The molecule has 0 radical (unpaired) electrons. The fraction of sp³-hybridized carbons (Fsp3) is 0.292. The summed E-state index contributed by atoms with van der Waals surface area (Å²) in [5.74, 6) is -0.168. The molecule has 154 valence electrons. The monoisotopic (exact) mass is 404 g/mol. The van der Waals surface area contributed by atoms with E-state index in [9.17, 15) is 14.4 Å². The van der Waals surface area contributed by atoms with Gasteiger partial charge in [-0.2, -0.15) is 0 Å². The molecule has 1 saturated carbocycles. The molecular weight excluding hydrogens is 380 g/mol. The van der Waals surface area contributed by atoms with E-state index in [-0.39, 0.29) is 11.5 Å². The first kappa shape index (κ1) is 19.9. The van der Waals surface area contributed by atoms with Crippen LogP contribution in [-0.4, -0.2) is 30.6 Å². The van der Waals surface area contributed by atoms with Crippen molar-refractivity contribution >= 4 is 28.5 Å². The van der Waals surface area contributed by atoms with Crippen molar-refractivity contribution in [2.45, 2.75) is 32.2 Å². The van der Waals surface area contributed by atoms with Crippen LogP contribution >= 0.6 is 0 Å². The Morgan fingerprint density at radius 1 is 1.07 bits per heavy atom. The van der Waals surface area contributed by atoms with E-state index in [0.29, 0.717) is 29.3 Å². The molecule has 0 spiro atoms. The maximum absolute atomic E-state index is 13.1. The van der Waals surface area contributed by atoms with Gasteiger partial charge >= 0.3 is 5.97 Å². The first-order valence-electron chi connectivity index (χ1n) is 10.1. The number of esters is 1. The van der Waals surface area contributed by atoms with E-state index in [0.717, 1.165) is 29.3 Å². The molecule has 3 aromatic rings. The summed E-state index contributed by atoms with van der Waals surface area (Å²) in [6.07, 6.45) is 2.16. The molecule has 0 aliphatic heterocycles. The molecule has 1 aliphatic carbocycles. The van der Waals surface area contributed by atoms with Gasteiger partial charge in [0.15, 0.2) is 0 Å². The molecular formula is C24H24N2O4. The van der Waals surface area contributed by atoms with Crippen molar-refractivity contribution in [1.82, 2.24) is 4.57 Å². The number of benzene rings is 2. The van der Waals surface area contributed by atoms with Crippen molar-refractivity contribution in [2.24, 2.45) is 0 Å². The summed E-state index contributed by atoms with van der Waals surface area (Å²) in [5, 5.41) is 0.972. The summed E-state index contributed by atoms with van der Waals surface area (Å²) in [4.78, 5) is 38.8. The highest BCUT2D eigenvalue weighted by Crippen LogP contribution is 2.42. The zero-order valence-corrected chi connectivity index (χ0v) is 17.3. The summed E-state index contributed by atoms with van der Waals surface area (Å²) in [6.45, 7) is 2.53. The number of anilines is 1. The van der Waals surface area contributed by atoms with E-state index in [1.165, 1.54) is 7.11 Å². The Kier molecular flexibility index (Phi) is 5.16. The molecule has 30 heavy (non-hydrogen) atoms. The third-order valence-electron chi connectivity index (χ3n) is 5.70. The van der Waals surface area contributed by atoms with Crippen molar-refractivity contribution in [3.8, 4) is 0 Å². The van der Waals surface area contributed by atoms with Crippen LogP contribution in [0.4, 0.5) is 5.69 Å². The number of carbonyl (C=O) groups is 2. The SMILES string of the molecule is CCn1c(=O)cc(C2CC2)c2cc(C(=O)N(C)c3ccc(C(=O)OC)cc3)ccc21. The lowest BCUT2D eigenvalue weighted by Gasteiger charge is -2.19. The van der Waals surface area contributed by atoms with Crippen LogP contribution in [0.1, 0.15) is 52.0 Å². The molecule has 2 aromatic carbocycles. The smallest absolute Gasteiger partial charge is 0.337 e. The first-order chi connectivity index (χ1) is 14.4. The maximum Gasteiger partial charge on any atom is 0.337 e. The highest BCUT2D eigenvalue weighted by molar-refractivity contribution is 6.08. The van der Waals surface area contributed by atoms with Crippen LogP contribution in [-0.2, 0) is 11.3 Å². The van der Waals surface area contributed by atoms with Crippen LogP contribution in [0.2, 0.25) is 0 Å². The van der Waals surface area contributed by atoms with Crippen molar-refractivity contribution in [1.29, 1.82) is 0 Å². The molecule has 0 bridgehead atoms. The van der Waals surface area contributed by atoms with Gasteiger partial charge in [0.1, 0.15) is 0 Å². The fourth-order valence-corrected chi connectivity index (χ4v) is 3.85. The van der Waals surface area contributed by atoms with Gasteiger partial charge in [-0.1, -0.05) is 0 Å². The summed E-state index contributed by atoms with van der Waals surface area (Å²) < 4.78 is 6.45. The Bertz CT molecular complexity index is 1190. The average molecular weight is 404 g/mol. The number of amides is 1. The van der Waals surface area contributed by atoms with Crippen molar-refractivity contribution in [3.05, 3.63) is 75.6 Å². The number of hydrogen-bond acceptors (Lipinski definition) is 4. The highest BCUT2D eigenvalue weighted by Gasteiger charge is 2.27. The van der Waals surface area contributed by atoms with E-state index in [4.69, 9.17) is 4.74 Å². The standard InChI is InChI=1S/C24H24N2O4/c1-4-26-21-12-9-17(13-20(21)19(14-22(26)27)15-5-6-15)23(28)25(2)18-10-7-16(8-11-18)24(29)30-3/h7-15H,4-6H2,1-3H3. The van der Waals surface area contributed by atoms with Gasteiger partial charge in [0, 0.05) is 36.3 Å². The van der Waals surface area contributed by atoms with Gasteiger partial charge < -0.3 is 14.2 Å². The number of hydrogen-bond donors (Lipinski definition) is 0. The Morgan fingerprint density at radius 2 is 1.73 bits per heavy atom. The lowest BCUT2D eigenvalue weighted by molar-refractivity contribution is 0.0600. The lowest BCUT2D eigenvalue weighted by atomic mass is 10.0. The molecule has 6 nitrogen and oxygen atoms in total. The summed E-state index contributed by atoms with van der Waals surface area (Å²) in [6, 6.07) is 14.0. The second-order valence-corrected chi connectivity index (χ2v) is 7.59. The number of aromatic nitrogens is 1. The minimum absolute atomic E-state index is 0.00814. The molecule has 0 N–H and O–H groups in total. The third kappa shape index (κ3) is 3.49. The van der Waals surface area contributed by atoms with Gasteiger partial charge in [-0.15, -0.1) is 0 Å². The van der Waals surface area contributed by atoms with Crippen LogP contribution in [0, 0.1) is 0 Å². The molecule has 0 unspecified atom stereocenters. The van der Waals surface area contributed by atoms with Crippen LogP contribution in [0.25, 0.3) is 10.9 Å². The molecule has 1 aliphatic rings. The Labute approximate surface area is 174 Å². The van der Waals surface area contributed by atoms with E-state index < -0.39 is 5.97 Å². The Hall–Kier alpha value is -3.41. The summed E-state index contributed by atoms with van der Waals surface area (Å²) in [7, 11) is 3.04. The Morgan fingerprint density at radius 3 is 2.33 bits per heavy atom. The number of aryl methyl sites for hydroxylation is 1. The topological polar surface area (TPSA) is 68.6 Å². The van der Waals surface area contributed by atoms with Gasteiger partial charge in [0.05, 0.1) is 18.2 Å². The average Bonchev–Trinajstić information content (AvgIpc) is 3.62. The number of methoxy groups -OCH3 is 1. The van der Waals surface area contributed by atoms with Gasteiger partial charge in [-0.25, -0.2) is 4.79 Å². The summed E-state index contributed by atoms with van der Waals surface area (Å²) in [5.41, 5.74) is 3.58. The van der Waals surface area contributed by atoms with E-state index >= 15 is 0 Å². The van der Waals surface area contributed by atoms with Crippen molar-refractivity contribution in [3.63, 3.8) is 0 Å². The molecule has 1 fully saturated rings. The van der Waals surface area contributed by atoms with Crippen LogP contribution < -0.4 is 10.5 Å². The van der Waals surface area contributed by atoms with Gasteiger partial charge in [0.25, 0.3) is 11.5 Å². The highest BCUT2D eigenvalue weighted by atomic mass is 16.5. The van der Waals surface area contributed by atoms with Crippen molar-refractivity contribution < 1.29 is 14.3 Å². The van der Waals surface area contributed by atoms with Gasteiger partial charge in [-0.3, -0.25) is 9.59 Å². The minimum atomic E-state index is -0.417. The first-order valence-corrected chi connectivity index (χ1v) is 10.1. The van der Waals surface area contributed by atoms with Crippen LogP contribution in [0.3, 0.4) is 0 Å². The molecule has 0 saturated heterocycles. The second kappa shape index (κ2) is 7.78. The molecule has 1 amide bonds. The number of carbonyl (C=O) groups excluding carboxylic acids is 2. The largest absolute Gasteiger partial charge is 0.465 e.